The second-order valence-electron chi connectivity index (χ2n) is 7.00. The molecule has 1 amide bonds. The van der Waals surface area contributed by atoms with Crippen LogP contribution < -0.4 is 10.1 Å². The average molecular weight is 436 g/mol. The van der Waals surface area contributed by atoms with Crippen molar-refractivity contribution in [3.63, 3.8) is 0 Å². The van der Waals surface area contributed by atoms with Crippen molar-refractivity contribution in [2.24, 2.45) is 0 Å². The van der Waals surface area contributed by atoms with Gasteiger partial charge in [0.15, 0.2) is 0 Å². The minimum Gasteiger partial charge on any atom is -0.480 e. The Hall–Kier alpha value is -1.97. The van der Waals surface area contributed by atoms with Crippen LogP contribution in [0, 0.1) is 0 Å². The molecule has 2 unspecified atom stereocenters. The number of hydrogen-bond acceptors (Lipinski definition) is 5. The minimum absolute atomic E-state index is 0. The maximum absolute atomic E-state index is 12.6. The molecule has 1 aromatic carbocycles. The van der Waals surface area contributed by atoms with Crippen LogP contribution in [0.3, 0.4) is 0 Å². The molecule has 29 heavy (non-hydrogen) atoms. The number of amides is 1. The molecular formula is C19H28ClF2N3O4. The van der Waals surface area contributed by atoms with Gasteiger partial charge in [0, 0.05) is 18.3 Å². The predicted molar refractivity (Wildman–Crippen MR) is 108 cm³/mol. The van der Waals surface area contributed by atoms with Crippen molar-refractivity contribution in [2.75, 3.05) is 32.0 Å². The maximum Gasteiger partial charge on any atom is 0.387 e. The molecule has 7 nitrogen and oxygen atoms in total. The molecule has 1 aliphatic heterocycles. The van der Waals surface area contributed by atoms with Gasteiger partial charge in [-0.15, -0.1) is 12.4 Å². The van der Waals surface area contributed by atoms with Gasteiger partial charge in [-0.3, -0.25) is 19.4 Å². The summed E-state index contributed by atoms with van der Waals surface area (Å²) in [5.74, 6) is -0.994. The number of carboxylic acids is 1. The number of halogens is 3. The summed E-state index contributed by atoms with van der Waals surface area (Å²) >= 11 is 0. The van der Waals surface area contributed by atoms with E-state index in [1.54, 1.807) is 0 Å². The Morgan fingerprint density at radius 1 is 1.28 bits per heavy atom. The molecule has 1 heterocycles. The first kappa shape index (κ1) is 25.1. The molecule has 1 fully saturated rings. The Balaban J connectivity index is 0.00000420. The number of carbonyl (C=O) groups excluding carboxylic acids is 1. The monoisotopic (exact) mass is 435 g/mol. The van der Waals surface area contributed by atoms with E-state index in [2.05, 4.69) is 15.0 Å². The lowest BCUT2D eigenvalue weighted by Gasteiger charge is -2.28. The number of hydrogen-bond donors (Lipinski definition) is 2. The number of rotatable bonds is 8. The molecule has 1 saturated heterocycles. The molecule has 0 aliphatic carbocycles. The molecule has 164 valence electrons. The van der Waals surface area contributed by atoms with Crippen LogP contribution in [0.15, 0.2) is 24.3 Å². The second kappa shape index (κ2) is 11.9. The zero-order valence-electron chi connectivity index (χ0n) is 16.5. The van der Waals surface area contributed by atoms with E-state index in [0.717, 1.165) is 25.8 Å². The largest absolute Gasteiger partial charge is 0.480 e. The summed E-state index contributed by atoms with van der Waals surface area (Å²) in [5, 5.41) is 11.7. The van der Waals surface area contributed by atoms with Crippen molar-refractivity contribution >= 4 is 30.0 Å². The van der Waals surface area contributed by atoms with Crippen LogP contribution in [0.1, 0.15) is 26.2 Å². The summed E-state index contributed by atoms with van der Waals surface area (Å²) in [4.78, 5) is 27.4. The molecule has 2 N–H and O–H groups in total. The van der Waals surface area contributed by atoms with Crippen LogP contribution in [0.2, 0.25) is 0 Å². The van der Waals surface area contributed by atoms with Crippen LogP contribution in [-0.2, 0) is 9.59 Å². The van der Waals surface area contributed by atoms with Gasteiger partial charge in [-0.25, -0.2) is 0 Å². The van der Waals surface area contributed by atoms with E-state index in [1.807, 2.05) is 18.9 Å². The third-order valence-electron chi connectivity index (χ3n) is 5.01. The molecular weight excluding hydrogens is 408 g/mol. The summed E-state index contributed by atoms with van der Waals surface area (Å²) < 4.78 is 28.7. The molecule has 0 aromatic heterocycles. The van der Waals surface area contributed by atoms with Gasteiger partial charge in [0.1, 0.15) is 5.75 Å². The lowest BCUT2D eigenvalue weighted by atomic mass is 10.1. The first-order valence-corrected chi connectivity index (χ1v) is 9.28. The Bertz CT molecular complexity index is 663. The zero-order chi connectivity index (χ0) is 20.7. The highest BCUT2D eigenvalue weighted by molar-refractivity contribution is 5.94. The molecule has 1 aromatic rings. The van der Waals surface area contributed by atoms with Crippen LogP contribution in [0.25, 0.3) is 0 Å². The topological polar surface area (TPSA) is 82.1 Å². The average Bonchev–Trinajstić information content (AvgIpc) is 2.88. The van der Waals surface area contributed by atoms with Gasteiger partial charge in [0.2, 0.25) is 5.91 Å². The van der Waals surface area contributed by atoms with Crippen LogP contribution in [0.5, 0.6) is 5.75 Å². The van der Waals surface area contributed by atoms with Crippen LogP contribution >= 0.6 is 12.4 Å². The standard InChI is InChI=1S/C19H27F2N3O4.ClH/c1-13(18(27)22-14-5-7-16(8-6-14)28-19(20)21)24-10-3-4-15(9-11-24)23(2)12-17(25)26;/h5-8,13,15,19H,3-4,9-12H2,1-2H3,(H,22,27)(H,25,26);1H. The number of benzene rings is 1. The van der Waals surface area contributed by atoms with E-state index < -0.39 is 12.6 Å². The maximum atomic E-state index is 12.6. The molecule has 2 atom stereocenters. The number of nitrogens with zero attached hydrogens (tertiary/aromatic N) is 2. The van der Waals surface area contributed by atoms with Crippen molar-refractivity contribution < 1.29 is 28.2 Å². The normalized spacial score (nSPS) is 18.6. The van der Waals surface area contributed by atoms with E-state index in [9.17, 15) is 18.4 Å². The summed E-state index contributed by atoms with van der Waals surface area (Å²) in [6.07, 6.45) is 2.56. The van der Waals surface area contributed by atoms with Crippen molar-refractivity contribution in [1.29, 1.82) is 0 Å². The number of anilines is 1. The van der Waals surface area contributed by atoms with Gasteiger partial charge in [0.25, 0.3) is 0 Å². The van der Waals surface area contributed by atoms with E-state index in [-0.39, 0.29) is 42.7 Å². The summed E-state index contributed by atoms with van der Waals surface area (Å²) in [5.41, 5.74) is 0.507. The fourth-order valence-corrected chi connectivity index (χ4v) is 3.40. The van der Waals surface area contributed by atoms with Crippen LogP contribution in [0.4, 0.5) is 14.5 Å². The Morgan fingerprint density at radius 3 is 2.52 bits per heavy atom. The number of carboxylic acid groups (broad SMARTS) is 1. The molecule has 0 saturated carbocycles. The first-order valence-electron chi connectivity index (χ1n) is 9.28. The molecule has 0 radical (unpaired) electrons. The van der Waals surface area contributed by atoms with Gasteiger partial charge in [-0.1, -0.05) is 0 Å². The second-order valence-corrected chi connectivity index (χ2v) is 7.00. The predicted octanol–water partition coefficient (Wildman–Crippen LogP) is 2.91. The Kier molecular flexibility index (Phi) is 10.3. The smallest absolute Gasteiger partial charge is 0.387 e. The number of nitrogens with one attached hydrogen (secondary N) is 1. The quantitative estimate of drug-likeness (QED) is 0.653. The highest BCUT2D eigenvalue weighted by Gasteiger charge is 2.27. The minimum atomic E-state index is -2.89. The molecule has 2 rings (SSSR count). The molecule has 1 aliphatic rings. The van der Waals surface area contributed by atoms with Gasteiger partial charge < -0.3 is 15.2 Å². The lowest BCUT2D eigenvalue weighted by Crippen LogP contribution is -2.43. The number of likely N-dealkylation sites (N-methyl/N-ethyl adjacent to an activating group) is 1. The fourth-order valence-electron chi connectivity index (χ4n) is 3.40. The Morgan fingerprint density at radius 2 is 1.93 bits per heavy atom. The fraction of sp³-hybridized carbons (Fsp3) is 0.579. The van der Waals surface area contributed by atoms with Gasteiger partial charge in [-0.2, -0.15) is 8.78 Å². The van der Waals surface area contributed by atoms with E-state index >= 15 is 0 Å². The van der Waals surface area contributed by atoms with E-state index in [4.69, 9.17) is 5.11 Å². The van der Waals surface area contributed by atoms with E-state index in [0.29, 0.717) is 12.2 Å². The molecule has 0 spiro atoms. The van der Waals surface area contributed by atoms with Crippen LogP contribution in [-0.4, -0.2) is 72.2 Å². The first-order chi connectivity index (χ1) is 13.3. The number of ether oxygens (including phenoxy) is 1. The van der Waals surface area contributed by atoms with Gasteiger partial charge in [-0.05, 0) is 64.0 Å². The Labute approximate surface area is 175 Å². The zero-order valence-corrected chi connectivity index (χ0v) is 17.3. The SMILES string of the molecule is CC(C(=O)Nc1ccc(OC(F)F)cc1)N1CCCC(N(C)CC(=O)O)CC1.Cl. The van der Waals surface area contributed by atoms with Crippen molar-refractivity contribution in [3.05, 3.63) is 24.3 Å². The number of likely N-dealkylation sites (tertiary alicyclic amines) is 1. The van der Waals surface area contributed by atoms with Gasteiger partial charge in [0.05, 0.1) is 12.6 Å². The summed E-state index contributed by atoms with van der Waals surface area (Å²) in [6.45, 7) is 0.399. The van der Waals surface area contributed by atoms with E-state index in [1.165, 1.54) is 24.3 Å². The van der Waals surface area contributed by atoms with Crippen molar-refractivity contribution in [3.8, 4) is 5.75 Å². The number of carbonyl (C=O) groups is 2. The summed E-state index contributed by atoms with van der Waals surface area (Å²) in [7, 11) is 1.81. The van der Waals surface area contributed by atoms with Crippen molar-refractivity contribution in [1.82, 2.24) is 9.80 Å². The molecule has 0 bridgehead atoms. The van der Waals surface area contributed by atoms with Gasteiger partial charge >= 0.3 is 12.6 Å². The van der Waals surface area contributed by atoms with Crippen molar-refractivity contribution in [2.45, 2.75) is 44.9 Å². The summed E-state index contributed by atoms with van der Waals surface area (Å²) in [6, 6.07) is 5.60. The number of aliphatic carboxylic acids is 1. The lowest BCUT2D eigenvalue weighted by molar-refractivity contribution is -0.138. The third-order valence-corrected chi connectivity index (χ3v) is 5.01. The highest BCUT2D eigenvalue weighted by atomic mass is 35.5. The highest BCUT2D eigenvalue weighted by Crippen LogP contribution is 2.20. The number of alkyl halides is 2. The molecule has 10 heteroatoms. The third kappa shape index (κ3) is 8.12.